The molecule has 194 valence electrons. The van der Waals surface area contributed by atoms with Gasteiger partial charge in [0.15, 0.2) is 0 Å². The van der Waals surface area contributed by atoms with Gasteiger partial charge in [-0.15, -0.1) is 0 Å². The molecule has 0 radical (unpaired) electrons. The van der Waals surface area contributed by atoms with Gasteiger partial charge in [-0.3, -0.25) is 24.6 Å². The second-order valence-corrected chi connectivity index (χ2v) is 10.1. The van der Waals surface area contributed by atoms with Crippen molar-refractivity contribution in [1.82, 2.24) is 30.1 Å². The lowest BCUT2D eigenvalue weighted by molar-refractivity contribution is -0.136. The van der Waals surface area contributed by atoms with Gasteiger partial charge in [0.05, 0.1) is 6.54 Å². The smallest absolute Gasteiger partial charge is 0.255 e. The SMILES string of the molecule is O=C1CCC(N2Cc3cc(C4CCN(Cc5nccc(Nc6ccccn6)n5)CC4)ccc3C2=O)C(=O)N1. The van der Waals surface area contributed by atoms with Crippen LogP contribution < -0.4 is 10.6 Å². The summed E-state index contributed by atoms with van der Waals surface area (Å²) in [6.45, 7) is 2.96. The van der Waals surface area contributed by atoms with E-state index in [0.29, 0.717) is 31.0 Å². The molecule has 3 aliphatic heterocycles. The van der Waals surface area contributed by atoms with Crippen LogP contribution in [0.15, 0.2) is 54.9 Å². The van der Waals surface area contributed by atoms with E-state index in [9.17, 15) is 14.4 Å². The number of pyridine rings is 1. The molecule has 6 rings (SSSR count). The van der Waals surface area contributed by atoms with Crippen LogP contribution in [-0.4, -0.2) is 61.6 Å². The number of carbonyl (C=O) groups excluding carboxylic acids is 3. The molecule has 0 spiro atoms. The summed E-state index contributed by atoms with van der Waals surface area (Å²) in [5.41, 5.74) is 2.86. The molecule has 2 saturated heterocycles. The maximum absolute atomic E-state index is 13.0. The fraction of sp³-hybridized carbons (Fsp3) is 0.357. The standard InChI is InChI=1S/C28H29N7O3/c36-26-7-6-22(27(37)33-26)35-16-20-15-19(4-5-21(20)28(35)38)18-9-13-34(14-10-18)17-25-30-12-8-24(32-25)31-23-3-1-2-11-29-23/h1-5,8,11-12,15,18,22H,6-7,9-10,13-14,16-17H2,(H,33,36,37)(H,29,30,31,32). The largest absolute Gasteiger partial charge is 0.325 e. The van der Waals surface area contributed by atoms with E-state index in [0.717, 1.165) is 49.0 Å². The van der Waals surface area contributed by atoms with E-state index >= 15 is 0 Å². The lowest BCUT2D eigenvalue weighted by atomic mass is 9.88. The second-order valence-electron chi connectivity index (χ2n) is 10.1. The van der Waals surface area contributed by atoms with Crippen molar-refractivity contribution >= 4 is 29.4 Å². The third-order valence-corrected chi connectivity index (χ3v) is 7.60. The number of hydrogen-bond donors (Lipinski definition) is 2. The Morgan fingerprint density at radius 3 is 2.61 bits per heavy atom. The third kappa shape index (κ3) is 4.99. The summed E-state index contributed by atoms with van der Waals surface area (Å²) >= 11 is 0. The minimum Gasteiger partial charge on any atom is -0.325 e. The molecule has 1 unspecified atom stereocenters. The van der Waals surface area contributed by atoms with Crippen molar-refractivity contribution in [3.8, 4) is 0 Å². The van der Waals surface area contributed by atoms with Crippen molar-refractivity contribution in [2.75, 3.05) is 18.4 Å². The lowest BCUT2D eigenvalue weighted by Gasteiger charge is -2.32. The molecule has 38 heavy (non-hydrogen) atoms. The van der Waals surface area contributed by atoms with Gasteiger partial charge in [-0.25, -0.2) is 15.0 Å². The summed E-state index contributed by atoms with van der Waals surface area (Å²) in [5.74, 6) is 1.87. The normalized spacial score (nSPS) is 20.4. The van der Waals surface area contributed by atoms with Crippen LogP contribution in [0.1, 0.15) is 58.9 Å². The molecule has 0 aliphatic carbocycles. The molecule has 10 nitrogen and oxygen atoms in total. The lowest BCUT2D eigenvalue weighted by Crippen LogP contribution is -2.52. The van der Waals surface area contributed by atoms with Gasteiger partial charge in [0.2, 0.25) is 11.8 Å². The predicted octanol–water partition coefficient (Wildman–Crippen LogP) is 2.76. The fourth-order valence-corrected chi connectivity index (χ4v) is 5.59. The van der Waals surface area contributed by atoms with E-state index < -0.39 is 6.04 Å². The van der Waals surface area contributed by atoms with Gasteiger partial charge in [-0.05, 0) is 73.7 Å². The summed E-state index contributed by atoms with van der Waals surface area (Å²) in [6.07, 6.45) is 6.16. The van der Waals surface area contributed by atoms with Crippen LogP contribution in [0.25, 0.3) is 0 Å². The Kier molecular flexibility index (Phi) is 6.55. The molecule has 3 aromatic rings. The molecule has 2 N–H and O–H groups in total. The molecule has 2 aromatic heterocycles. The van der Waals surface area contributed by atoms with Gasteiger partial charge in [-0.1, -0.05) is 18.2 Å². The molecular formula is C28H29N7O3. The number of nitrogens with one attached hydrogen (secondary N) is 2. The second kappa shape index (κ2) is 10.3. The monoisotopic (exact) mass is 511 g/mol. The molecule has 1 aromatic carbocycles. The summed E-state index contributed by atoms with van der Waals surface area (Å²) in [4.78, 5) is 54.2. The Morgan fingerprint density at radius 2 is 1.82 bits per heavy atom. The third-order valence-electron chi connectivity index (χ3n) is 7.60. The summed E-state index contributed by atoms with van der Waals surface area (Å²) in [5, 5.41) is 5.58. The van der Waals surface area contributed by atoms with Crippen LogP contribution >= 0.6 is 0 Å². The van der Waals surface area contributed by atoms with E-state index in [1.165, 1.54) is 5.56 Å². The maximum atomic E-state index is 13.0. The number of rotatable bonds is 6. The van der Waals surface area contributed by atoms with E-state index in [1.807, 2.05) is 30.3 Å². The molecule has 3 aliphatic rings. The minimum atomic E-state index is -0.584. The number of fused-ring (bicyclic) bond motifs is 1. The number of carbonyl (C=O) groups is 3. The first-order chi connectivity index (χ1) is 18.5. The van der Waals surface area contributed by atoms with Gasteiger partial charge in [-0.2, -0.15) is 0 Å². The van der Waals surface area contributed by atoms with E-state index in [-0.39, 0.29) is 24.1 Å². The Bertz CT molecular complexity index is 1370. The van der Waals surface area contributed by atoms with Crippen LogP contribution in [0.4, 0.5) is 11.6 Å². The first-order valence-corrected chi connectivity index (χ1v) is 13.0. The van der Waals surface area contributed by atoms with Gasteiger partial charge in [0, 0.05) is 30.9 Å². The van der Waals surface area contributed by atoms with Gasteiger partial charge >= 0.3 is 0 Å². The van der Waals surface area contributed by atoms with Crippen molar-refractivity contribution < 1.29 is 14.4 Å². The van der Waals surface area contributed by atoms with E-state index in [2.05, 4.69) is 42.6 Å². The number of aromatic nitrogens is 3. The maximum Gasteiger partial charge on any atom is 0.255 e. The van der Waals surface area contributed by atoms with Gasteiger partial charge in [0.1, 0.15) is 23.5 Å². The molecule has 0 saturated carbocycles. The number of nitrogens with zero attached hydrogens (tertiary/aromatic N) is 5. The quantitative estimate of drug-likeness (QED) is 0.485. The van der Waals surface area contributed by atoms with Crippen molar-refractivity contribution in [2.45, 2.75) is 50.7 Å². The average molecular weight is 512 g/mol. The minimum absolute atomic E-state index is 0.129. The Morgan fingerprint density at radius 1 is 0.947 bits per heavy atom. The Balaban J connectivity index is 1.06. The molecule has 3 amide bonds. The number of hydrogen-bond acceptors (Lipinski definition) is 8. The number of imide groups is 1. The average Bonchev–Trinajstić information content (AvgIpc) is 3.25. The van der Waals surface area contributed by atoms with Gasteiger partial charge in [0.25, 0.3) is 5.91 Å². The van der Waals surface area contributed by atoms with E-state index in [1.54, 1.807) is 17.3 Å². The zero-order valence-corrected chi connectivity index (χ0v) is 21.0. The highest BCUT2D eigenvalue weighted by atomic mass is 16.2. The fourth-order valence-electron chi connectivity index (χ4n) is 5.59. The predicted molar refractivity (Wildman–Crippen MR) is 139 cm³/mol. The number of amides is 3. The van der Waals surface area contributed by atoms with Crippen molar-refractivity contribution in [1.29, 1.82) is 0 Å². The molecule has 10 heteroatoms. The van der Waals surface area contributed by atoms with Crippen LogP contribution in [0.3, 0.4) is 0 Å². The van der Waals surface area contributed by atoms with Crippen LogP contribution in [-0.2, 0) is 22.7 Å². The molecule has 0 bridgehead atoms. The van der Waals surface area contributed by atoms with Crippen molar-refractivity contribution in [3.63, 3.8) is 0 Å². The zero-order valence-electron chi connectivity index (χ0n) is 21.0. The van der Waals surface area contributed by atoms with Crippen LogP contribution in [0.5, 0.6) is 0 Å². The highest BCUT2D eigenvalue weighted by Crippen LogP contribution is 2.33. The number of likely N-dealkylation sites (tertiary alicyclic amines) is 1. The van der Waals surface area contributed by atoms with Crippen LogP contribution in [0, 0.1) is 0 Å². The van der Waals surface area contributed by atoms with Crippen molar-refractivity contribution in [3.05, 3.63) is 77.4 Å². The summed E-state index contributed by atoms with van der Waals surface area (Å²) < 4.78 is 0. The van der Waals surface area contributed by atoms with Crippen molar-refractivity contribution in [2.24, 2.45) is 0 Å². The first kappa shape index (κ1) is 24.2. The molecule has 1 atom stereocenters. The number of benzene rings is 1. The molecule has 5 heterocycles. The first-order valence-electron chi connectivity index (χ1n) is 13.0. The van der Waals surface area contributed by atoms with E-state index in [4.69, 9.17) is 0 Å². The van der Waals surface area contributed by atoms with Crippen LogP contribution in [0.2, 0.25) is 0 Å². The number of piperidine rings is 2. The summed E-state index contributed by atoms with van der Waals surface area (Å²) in [7, 11) is 0. The van der Waals surface area contributed by atoms with Gasteiger partial charge < -0.3 is 10.2 Å². The highest BCUT2D eigenvalue weighted by Gasteiger charge is 2.39. The zero-order chi connectivity index (χ0) is 26.1. The Labute approximate surface area is 220 Å². The Hall–Kier alpha value is -4.18. The molecular weight excluding hydrogens is 482 g/mol. The molecule has 2 fully saturated rings. The highest BCUT2D eigenvalue weighted by molar-refractivity contribution is 6.05. The number of anilines is 2. The summed E-state index contributed by atoms with van der Waals surface area (Å²) in [6, 6.07) is 13.0. The topological polar surface area (TPSA) is 120 Å².